The quantitative estimate of drug-likeness (QED) is 0.827. The van der Waals surface area contributed by atoms with E-state index in [1.807, 2.05) is 19.1 Å². The third kappa shape index (κ3) is 4.86. The first-order valence-corrected chi connectivity index (χ1v) is 5.72. The second-order valence-corrected chi connectivity index (χ2v) is 4.28. The molecule has 0 heterocycles. The molecular weight excluding hydrogens is 288 g/mol. The zero-order valence-electron chi connectivity index (χ0n) is 9.54. The Morgan fingerprint density at radius 2 is 2.06 bits per heavy atom. The summed E-state index contributed by atoms with van der Waals surface area (Å²) < 4.78 is 6.23. The number of carbonyl (C=O) groups excluding carboxylic acids is 2. The van der Waals surface area contributed by atoms with Crippen molar-refractivity contribution in [3.63, 3.8) is 0 Å². The van der Waals surface area contributed by atoms with Crippen molar-refractivity contribution in [1.82, 2.24) is 10.9 Å². The fraction of sp³-hybridized carbons (Fsp3) is 0.273. The van der Waals surface area contributed by atoms with Gasteiger partial charge >= 0.3 is 0 Å². The van der Waals surface area contributed by atoms with Crippen LogP contribution in [-0.2, 0) is 9.59 Å². The normalized spacial score (nSPS) is 9.59. The van der Waals surface area contributed by atoms with Crippen LogP contribution in [0.4, 0.5) is 0 Å². The highest BCUT2D eigenvalue weighted by molar-refractivity contribution is 9.10. The van der Waals surface area contributed by atoms with Crippen LogP contribution in [0.25, 0.3) is 0 Å². The summed E-state index contributed by atoms with van der Waals surface area (Å²) in [6.07, 6.45) is 0. The van der Waals surface area contributed by atoms with E-state index in [1.54, 1.807) is 6.07 Å². The van der Waals surface area contributed by atoms with Gasteiger partial charge in [-0.1, -0.05) is 15.9 Å². The van der Waals surface area contributed by atoms with Crippen LogP contribution in [-0.4, -0.2) is 18.4 Å². The largest absolute Gasteiger partial charge is 0.484 e. The summed E-state index contributed by atoms with van der Waals surface area (Å²) in [5.41, 5.74) is 5.40. The number of benzene rings is 1. The van der Waals surface area contributed by atoms with E-state index in [9.17, 15) is 9.59 Å². The van der Waals surface area contributed by atoms with Gasteiger partial charge < -0.3 is 4.74 Å². The number of rotatable bonds is 3. The molecule has 5 nitrogen and oxygen atoms in total. The van der Waals surface area contributed by atoms with Crippen LogP contribution in [0.15, 0.2) is 22.7 Å². The lowest BCUT2D eigenvalue weighted by Gasteiger charge is -2.08. The maximum atomic E-state index is 11.2. The van der Waals surface area contributed by atoms with Gasteiger partial charge in [-0.05, 0) is 30.7 Å². The third-order valence-electron chi connectivity index (χ3n) is 1.88. The van der Waals surface area contributed by atoms with Gasteiger partial charge in [0.1, 0.15) is 5.75 Å². The molecule has 0 saturated heterocycles. The smallest absolute Gasteiger partial charge is 0.276 e. The van der Waals surface area contributed by atoms with E-state index in [-0.39, 0.29) is 12.5 Å². The molecule has 17 heavy (non-hydrogen) atoms. The number of aryl methyl sites for hydroxylation is 1. The molecule has 0 saturated carbocycles. The number of hydrogen-bond donors (Lipinski definition) is 2. The van der Waals surface area contributed by atoms with Crippen molar-refractivity contribution in [3.8, 4) is 5.75 Å². The topological polar surface area (TPSA) is 67.4 Å². The Labute approximate surface area is 108 Å². The van der Waals surface area contributed by atoms with Gasteiger partial charge in [0.15, 0.2) is 6.61 Å². The lowest BCUT2D eigenvalue weighted by Crippen LogP contribution is -2.42. The molecule has 0 spiro atoms. The van der Waals surface area contributed by atoms with Crippen LogP contribution in [0.2, 0.25) is 0 Å². The summed E-state index contributed by atoms with van der Waals surface area (Å²) >= 11 is 3.37. The molecule has 0 aliphatic rings. The van der Waals surface area contributed by atoms with Crippen LogP contribution in [0, 0.1) is 6.92 Å². The van der Waals surface area contributed by atoms with Crippen LogP contribution in [0.1, 0.15) is 12.5 Å². The minimum absolute atomic E-state index is 0.151. The lowest BCUT2D eigenvalue weighted by atomic mass is 10.2. The molecule has 1 aromatic rings. The number of hydrazine groups is 1. The standard InChI is InChI=1S/C11H13BrN2O3/c1-7-5-9(3-4-10(7)12)17-6-11(16)14-13-8(2)15/h3-5H,6H2,1-2H3,(H,13,15)(H,14,16). The van der Waals surface area contributed by atoms with Crippen LogP contribution >= 0.6 is 15.9 Å². The molecular formula is C11H13BrN2O3. The monoisotopic (exact) mass is 300 g/mol. The van der Waals surface area contributed by atoms with E-state index in [0.29, 0.717) is 5.75 Å². The van der Waals surface area contributed by atoms with Crippen molar-refractivity contribution in [2.24, 2.45) is 0 Å². The minimum Gasteiger partial charge on any atom is -0.484 e. The summed E-state index contributed by atoms with van der Waals surface area (Å²) in [6.45, 7) is 3.08. The Morgan fingerprint density at radius 3 is 2.65 bits per heavy atom. The first-order valence-electron chi connectivity index (χ1n) is 4.93. The highest BCUT2D eigenvalue weighted by atomic mass is 79.9. The van der Waals surface area contributed by atoms with Gasteiger partial charge in [0.25, 0.3) is 5.91 Å². The number of carbonyl (C=O) groups is 2. The van der Waals surface area contributed by atoms with Crippen LogP contribution in [0.3, 0.4) is 0 Å². The van der Waals surface area contributed by atoms with Crippen molar-refractivity contribution < 1.29 is 14.3 Å². The summed E-state index contributed by atoms with van der Waals surface area (Å²) in [5.74, 6) is -0.151. The van der Waals surface area contributed by atoms with Crippen LogP contribution in [0.5, 0.6) is 5.75 Å². The fourth-order valence-electron chi connectivity index (χ4n) is 1.05. The maximum absolute atomic E-state index is 11.2. The molecule has 0 unspecified atom stereocenters. The molecule has 1 rings (SSSR count). The number of amides is 2. The fourth-order valence-corrected chi connectivity index (χ4v) is 1.30. The van der Waals surface area contributed by atoms with Crippen molar-refractivity contribution in [1.29, 1.82) is 0 Å². The van der Waals surface area contributed by atoms with E-state index in [1.165, 1.54) is 6.92 Å². The Hall–Kier alpha value is -1.56. The Bertz CT molecular complexity index is 435. The molecule has 2 amide bonds. The molecule has 0 bridgehead atoms. The summed E-state index contributed by atoms with van der Waals surface area (Å²) in [7, 11) is 0. The number of nitrogens with one attached hydrogen (secondary N) is 2. The molecule has 0 atom stereocenters. The molecule has 0 fully saturated rings. The highest BCUT2D eigenvalue weighted by Crippen LogP contribution is 2.21. The minimum atomic E-state index is -0.416. The zero-order valence-corrected chi connectivity index (χ0v) is 11.1. The predicted octanol–water partition coefficient (Wildman–Crippen LogP) is 1.30. The Kier molecular flexibility index (Phi) is 4.96. The molecule has 0 radical (unpaired) electrons. The Morgan fingerprint density at radius 1 is 1.35 bits per heavy atom. The van der Waals surface area contributed by atoms with E-state index >= 15 is 0 Å². The SMILES string of the molecule is CC(=O)NNC(=O)COc1ccc(Br)c(C)c1. The van der Waals surface area contributed by atoms with Gasteiger partial charge in [-0.25, -0.2) is 0 Å². The van der Waals surface area contributed by atoms with Crippen molar-refractivity contribution in [2.75, 3.05) is 6.61 Å². The van der Waals surface area contributed by atoms with Crippen molar-refractivity contribution in [2.45, 2.75) is 13.8 Å². The van der Waals surface area contributed by atoms with Gasteiger partial charge in [-0.3, -0.25) is 20.4 Å². The van der Waals surface area contributed by atoms with Gasteiger partial charge in [0, 0.05) is 11.4 Å². The van der Waals surface area contributed by atoms with E-state index in [0.717, 1.165) is 10.0 Å². The van der Waals surface area contributed by atoms with Crippen molar-refractivity contribution in [3.05, 3.63) is 28.2 Å². The Balaban J connectivity index is 2.42. The summed E-state index contributed by atoms with van der Waals surface area (Å²) in [4.78, 5) is 21.7. The number of halogens is 1. The van der Waals surface area contributed by atoms with Gasteiger partial charge in [-0.15, -0.1) is 0 Å². The zero-order chi connectivity index (χ0) is 12.8. The molecule has 92 valence electrons. The summed E-state index contributed by atoms with van der Waals surface area (Å²) in [5, 5.41) is 0. The second kappa shape index (κ2) is 6.24. The first kappa shape index (κ1) is 13.5. The van der Waals surface area contributed by atoms with E-state index in [2.05, 4.69) is 26.8 Å². The molecule has 0 aliphatic carbocycles. The van der Waals surface area contributed by atoms with E-state index in [4.69, 9.17) is 4.74 Å². The molecule has 2 N–H and O–H groups in total. The van der Waals surface area contributed by atoms with Gasteiger partial charge in [-0.2, -0.15) is 0 Å². The number of hydrogen-bond acceptors (Lipinski definition) is 3. The molecule has 0 aromatic heterocycles. The third-order valence-corrected chi connectivity index (χ3v) is 2.77. The number of ether oxygens (including phenoxy) is 1. The molecule has 1 aromatic carbocycles. The van der Waals surface area contributed by atoms with Gasteiger partial charge in [0.2, 0.25) is 5.91 Å². The predicted molar refractivity (Wildman–Crippen MR) is 66.3 cm³/mol. The molecule has 0 aliphatic heterocycles. The lowest BCUT2D eigenvalue weighted by molar-refractivity contribution is -0.129. The highest BCUT2D eigenvalue weighted by Gasteiger charge is 2.03. The first-order chi connectivity index (χ1) is 7.99. The average molecular weight is 301 g/mol. The maximum Gasteiger partial charge on any atom is 0.276 e. The van der Waals surface area contributed by atoms with Crippen molar-refractivity contribution >= 4 is 27.7 Å². The summed E-state index contributed by atoms with van der Waals surface area (Å²) in [6, 6.07) is 5.41. The van der Waals surface area contributed by atoms with E-state index < -0.39 is 5.91 Å². The average Bonchev–Trinajstić information content (AvgIpc) is 2.28. The molecule has 6 heteroatoms. The van der Waals surface area contributed by atoms with Crippen LogP contribution < -0.4 is 15.6 Å². The van der Waals surface area contributed by atoms with Gasteiger partial charge in [0.05, 0.1) is 0 Å². The second-order valence-electron chi connectivity index (χ2n) is 3.43.